The summed E-state index contributed by atoms with van der Waals surface area (Å²) in [4.78, 5) is 15.5. The Balaban J connectivity index is 1.60. The standard InChI is InChI=1S/C19H26N2O2/c1-23-17-7-6-13-4-2-3-5-15(13)18(17)19(22)20-16-12-21-10-8-14(16)9-11-21/h6-7,14,16H,2-5,8-12H2,1H3,(H,20,22). The van der Waals surface area contributed by atoms with Crippen LogP contribution in [0.15, 0.2) is 12.1 Å². The first kappa shape index (κ1) is 15.0. The normalized spacial score (nSPS) is 29.0. The molecule has 1 aromatic rings. The Labute approximate surface area is 138 Å². The number of hydrogen-bond donors (Lipinski definition) is 1. The van der Waals surface area contributed by atoms with Crippen molar-refractivity contribution in [3.05, 3.63) is 28.8 Å². The van der Waals surface area contributed by atoms with Crippen molar-refractivity contribution in [2.45, 2.75) is 44.6 Å². The average Bonchev–Trinajstić information content (AvgIpc) is 2.61. The van der Waals surface area contributed by atoms with Crippen LogP contribution in [0.5, 0.6) is 5.75 Å². The van der Waals surface area contributed by atoms with Gasteiger partial charge in [0.1, 0.15) is 5.75 Å². The van der Waals surface area contributed by atoms with E-state index >= 15 is 0 Å². The SMILES string of the molecule is COc1ccc2c(c1C(=O)NC1CN3CCC1CC3)CCCC2. The van der Waals surface area contributed by atoms with Gasteiger partial charge in [0.15, 0.2) is 0 Å². The van der Waals surface area contributed by atoms with Crippen LogP contribution < -0.4 is 10.1 Å². The first-order valence-corrected chi connectivity index (χ1v) is 8.98. The second kappa shape index (κ2) is 6.16. The van der Waals surface area contributed by atoms with Crippen molar-refractivity contribution in [2.75, 3.05) is 26.7 Å². The lowest BCUT2D eigenvalue weighted by molar-refractivity contribution is 0.0618. The van der Waals surface area contributed by atoms with Gasteiger partial charge in [-0.3, -0.25) is 4.79 Å². The van der Waals surface area contributed by atoms with Crippen molar-refractivity contribution in [1.82, 2.24) is 10.2 Å². The van der Waals surface area contributed by atoms with Gasteiger partial charge in [0, 0.05) is 12.6 Å². The van der Waals surface area contributed by atoms with Gasteiger partial charge in [-0.2, -0.15) is 0 Å². The summed E-state index contributed by atoms with van der Waals surface area (Å²) < 4.78 is 5.51. The highest BCUT2D eigenvalue weighted by Crippen LogP contribution is 2.32. The highest BCUT2D eigenvalue weighted by Gasteiger charge is 2.35. The molecule has 3 saturated heterocycles. The fourth-order valence-corrected chi connectivity index (χ4v) is 4.59. The molecule has 0 aromatic heterocycles. The zero-order valence-electron chi connectivity index (χ0n) is 13.9. The number of fused-ring (bicyclic) bond motifs is 4. The van der Waals surface area contributed by atoms with Crippen LogP contribution in [-0.4, -0.2) is 43.6 Å². The van der Waals surface area contributed by atoms with Gasteiger partial charge in [0.2, 0.25) is 0 Å². The second-order valence-electron chi connectivity index (χ2n) is 7.21. The number of nitrogens with zero attached hydrogens (tertiary/aromatic N) is 1. The van der Waals surface area contributed by atoms with Gasteiger partial charge in [-0.25, -0.2) is 0 Å². The summed E-state index contributed by atoms with van der Waals surface area (Å²) in [6.07, 6.45) is 6.90. The van der Waals surface area contributed by atoms with Gasteiger partial charge < -0.3 is 15.0 Å². The van der Waals surface area contributed by atoms with E-state index in [1.54, 1.807) is 7.11 Å². The van der Waals surface area contributed by atoms with E-state index in [0.29, 0.717) is 12.0 Å². The fourth-order valence-electron chi connectivity index (χ4n) is 4.59. The highest BCUT2D eigenvalue weighted by atomic mass is 16.5. The minimum atomic E-state index is 0.0688. The van der Waals surface area contributed by atoms with Crippen LogP contribution in [-0.2, 0) is 12.8 Å². The van der Waals surface area contributed by atoms with Crippen molar-refractivity contribution in [3.8, 4) is 5.75 Å². The van der Waals surface area contributed by atoms with E-state index in [1.165, 1.54) is 49.9 Å². The summed E-state index contributed by atoms with van der Waals surface area (Å²) in [6, 6.07) is 4.41. The lowest BCUT2D eigenvalue weighted by atomic mass is 9.83. The number of benzene rings is 1. The molecule has 1 unspecified atom stereocenters. The van der Waals surface area contributed by atoms with Gasteiger partial charge in [-0.15, -0.1) is 0 Å². The number of piperidine rings is 3. The summed E-state index contributed by atoms with van der Waals surface area (Å²) in [5, 5.41) is 3.33. The third-order valence-corrected chi connectivity index (χ3v) is 5.91. The molecule has 1 N–H and O–H groups in total. The van der Waals surface area contributed by atoms with Gasteiger partial charge in [0.05, 0.1) is 12.7 Å². The molecule has 3 aliphatic heterocycles. The number of hydrogen-bond acceptors (Lipinski definition) is 3. The van der Waals surface area contributed by atoms with Crippen molar-refractivity contribution >= 4 is 5.91 Å². The first-order chi connectivity index (χ1) is 11.3. The molecule has 1 aliphatic carbocycles. The molecule has 23 heavy (non-hydrogen) atoms. The van der Waals surface area contributed by atoms with E-state index < -0.39 is 0 Å². The molecule has 1 amide bonds. The zero-order chi connectivity index (χ0) is 15.8. The zero-order valence-corrected chi connectivity index (χ0v) is 13.9. The topological polar surface area (TPSA) is 41.6 Å². The van der Waals surface area contributed by atoms with Crippen LogP contribution in [0, 0.1) is 5.92 Å². The smallest absolute Gasteiger partial charge is 0.255 e. The molecule has 4 nitrogen and oxygen atoms in total. The van der Waals surface area contributed by atoms with E-state index in [1.807, 2.05) is 6.07 Å². The number of amides is 1. The van der Waals surface area contributed by atoms with Crippen molar-refractivity contribution in [1.29, 1.82) is 0 Å². The molecule has 0 saturated carbocycles. The molecule has 4 heteroatoms. The molecule has 4 aliphatic rings. The maximum Gasteiger partial charge on any atom is 0.255 e. The predicted octanol–water partition coefficient (Wildman–Crippen LogP) is 2.40. The minimum absolute atomic E-state index is 0.0688. The van der Waals surface area contributed by atoms with Gasteiger partial charge in [-0.05, 0) is 74.7 Å². The Hall–Kier alpha value is -1.55. The number of ether oxygens (including phenoxy) is 1. The monoisotopic (exact) mass is 314 g/mol. The molecule has 0 spiro atoms. The molecule has 124 valence electrons. The third kappa shape index (κ3) is 2.74. The number of carbonyl (C=O) groups excluding carboxylic acids is 1. The van der Waals surface area contributed by atoms with E-state index in [-0.39, 0.29) is 5.91 Å². The molecule has 3 fully saturated rings. The Kier molecular flexibility index (Phi) is 4.02. The van der Waals surface area contributed by atoms with E-state index in [0.717, 1.165) is 30.7 Å². The largest absolute Gasteiger partial charge is 0.496 e. The van der Waals surface area contributed by atoms with Crippen LogP contribution in [0.4, 0.5) is 0 Å². The predicted molar refractivity (Wildman–Crippen MR) is 90.1 cm³/mol. The van der Waals surface area contributed by atoms with E-state index in [9.17, 15) is 4.79 Å². The van der Waals surface area contributed by atoms with Gasteiger partial charge in [0.25, 0.3) is 5.91 Å². The highest BCUT2D eigenvalue weighted by molar-refractivity contribution is 5.99. The van der Waals surface area contributed by atoms with Crippen molar-refractivity contribution < 1.29 is 9.53 Å². The van der Waals surface area contributed by atoms with E-state index in [4.69, 9.17) is 4.74 Å². The summed E-state index contributed by atoms with van der Waals surface area (Å²) in [5.41, 5.74) is 3.34. The molecular formula is C19H26N2O2. The fraction of sp³-hybridized carbons (Fsp3) is 0.632. The van der Waals surface area contributed by atoms with Crippen LogP contribution in [0.1, 0.15) is 47.2 Å². The number of nitrogens with one attached hydrogen (secondary N) is 1. The average molecular weight is 314 g/mol. The summed E-state index contributed by atoms with van der Waals surface area (Å²) in [5.74, 6) is 1.44. The maximum atomic E-state index is 13.0. The molecule has 1 atom stereocenters. The number of rotatable bonds is 3. The number of methoxy groups -OCH3 is 1. The van der Waals surface area contributed by atoms with Crippen molar-refractivity contribution in [2.24, 2.45) is 5.92 Å². The molecule has 3 heterocycles. The van der Waals surface area contributed by atoms with E-state index in [2.05, 4.69) is 16.3 Å². The van der Waals surface area contributed by atoms with Crippen molar-refractivity contribution in [3.63, 3.8) is 0 Å². The molecular weight excluding hydrogens is 288 g/mol. The molecule has 2 bridgehead atoms. The summed E-state index contributed by atoms with van der Waals surface area (Å²) in [7, 11) is 1.66. The van der Waals surface area contributed by atoms with Crippen LogP contribution in [0.3, 0.4) is 0 Å². The summed E-state index contributed by atoms with van der Waals surface area (Å²) in [6.45, 7) is 3.40. The Morgan fingerprint density at radius 3 is 2.70 bits per heavy atom. The lowest BCUT2D eigenvalue weighted by Crippen LogP contribution is -2.57. The van der Waals surface area contributed by atoms with Gasteiger partial charge in [-0.1, -0.05) is 6.07 Å². The Bertz CT molecular complexity index is 606. The van der Waals surface area contributed by atoms with Gasteiger partial charge >= 0.3 is 0 Å². The first-order valence-electron chi connectivity index (χ1n) is 8.98. The second-order valence-corrected chi connectivity index (χ2v) is 7.21. The minimum Gasteiger partial charge on any atom is -0.496 e. The number of carbonyl (C=O) groups is 1. The summed E-state index contributed by atoms with van der Waals surface area (Å²) >= 11 is 0. The Morgan fingerprint density at radius 2 is 2.00 bits per heavy atom. The lowest BCUT2D eigenvalue weighted by Gasteiger charge is -2.45. The van der Waals surface area contributed by atoms with Crippen LogP contribution >= 0.6 is 0 Å². The molecule has 1 aromatic carbocycles. The van der Waals surface area contributed by atoms with Crippen LogP contribution in [0.25, 0.3) is 0 Å². The third-order valence-electron chi connectivity index (χ3n) is 5.91. The maximum absolute atomic E-state index is 13.0. The number of aryl methyl sites for hydroxylation is 1. The molecule has 0 radical (unpaired) electrons. The molecule has 5 rings (SSSR count). The Morgan fingerprint density at radius 1 is 1.22 bits per heavy atom. The van der Waals surface area contributed by atoms with Crippen LogP contribution in [0.2, 0.25) is 0 Å². The quantitative estimate of drug-likeness (QED) is 0.931.